The molecule has 0 atom stereocenters. The second-order valence-corrected chi connectivity index (χ2v) is 5.54. The van der Waals surface area contributed by atoms with Crippen molar-refractivity contribution in [2.24, 2.45) is 0 Å². The highest BCUT2D eigenvalue weighted by Crippen LogP contribution is 2.16. The second-order valence-electron chi connectivity index (χ2n) is 3.81. The van der Waals surface area contributed by atoms with Crippen molar-refractivity contribution in [1.29, 1.82) is 0 Å². The van der Waals surface area contributed by atoms with Crippen molar-refractivity contribution in [3.63, 3.8) is 0 Å². The van der Waals surface area contributed by atoms with Crippen molar-refractivity contribution in [3.8, 4) is 0 Å². The first-order valence-corrected chi connectivity index (χ1v) is 7.28. The molecule has 0 fully saturated rings. The molecule has 1 aromatic rings. The lowest BCUT2D eigenvalue weighted by Crippen LogP contribution is -2.30. The molecule has 0 radical (unpaired) electrons. The summed E-state index contributed by atoms with van der Waals surface area (Å²) in [5.41, 5.74) is -0.0533. The SMILES string of the molecule is CNC(=O)CCNS(=O)(=O)c1ccccc1C(=O)OC. The molecule has 0 bridgehead atoms. The van der Waals surface area contributed by atoms with Gasteiger partial charge in [0, 0.05) is 20.0 Å². The van der Waals surface area contributed by atoms with E-state index in [4.69, 9.17) is 0 Å². The lowest BCUT2D eigenvalue weighted by atomic mass is 10.2. The zero-order valence-corrected chi connectivity index (χ0v) is 12.0. The first-order chi connectivity index (χ1) is 9.42. The number of ether oxygens (including phenoxy) is 1. The number of methoxy groups -OCH3 is 1. The van der Waals surface area contributed by atoms with Gasteiger partial charge in [-0.05, 0) is 12.1 Å². The number of esters is 1. The number of hydrogen-bond acceptors (Lipinski definition) is 5. The lowest BCUT2D eigenvalue weighted by molar-refractivity contribution is -0.120. The van der Waals surface area contributed by atoms with Gasteiger partial charge in [-0.15, -0.1) is 0 Å². The van der Waals surface area contributed by atoms with Crippen LogP contribution in [0.5, 0.6) is 0 Å². The Morgan fingerprint density at radius 2 is 1.90 bits per heavy atom. The van der Waals surface area contributed by atoms with Crippen LogP contribution in [0.1, 0.15) is 16.8 Å². The minimum Gasteiger partial charge on any atom is -0.465 e. The van der Waals surface area contributed by atoms with Crippen LogP contribution in [0.3, 0.4) is 0 Å². The smallest absolute Gasteiger partial charge is 0.339 e. The average molecular weight is 300 g/mol. The van der Waals surface area contributed by atoms with Gasteiger partial charge in [0.25, 0.3) is 0 Å². The number of nitrogens with one attached hydrogen (secondary N) is 2. The van der Waals surface area contributed by atoms with Crippen LogP contribution >= 0.6 is 0 Å². The van der Waals surface area contributed by atoms with Crippen LogP contribution in [-0.4, -0.2) is 41.0 Å². The van der Waals surface area contributed by atoms with Crippen molar-refractivity contribution in [3.05, 3.63) is 29.8 Å². The number of sulfonamides is 1. The largest absolute Gasteiger partial charge is 0.465 e. The van der Waals surface area contributed by atoms with Crippen LogP contribution in [0, 0.1) is 0 Å². The summed E-state index contributed by atoms with van der Waals surface area (Å²) in [6, 6.07) is 5.70. The number of rotatable bonds is 6. The molecule has 0 unspecified atom stereocenters. The van der Waals surface area contributed by atoms with Crippen molar-refractivity contribution < 1.29 is 22.7 Å². The first kappa shape index (κ1) is 16.1. The van der Waals surface area contributed by atoms with Crippen molar-refractivity contribution in [1.82, 2.24) is 10.0 Å². The van der Waals surface area contributed by atoms with Gasteiger partial charge in [0.1, 0.15) is 0 Å². The van der Waals surface area contributed by atoms with E-state index in [2.05, 4.69) is 14.8 Å². The predicted molar refractivity (Wildman–Crippen MR) is 71.7 cm³/mol. The molecule has 1 aromatic carbocycles. The summed E-state index contributed by atoms with van der Waals surface area (Å²) in [6.07, 6.45) is 0.0100. The molecular formula is C12H16N2O5S. The molecule has 0 aromatic heterocycles. The summed E-state index contributed by atoms with van der Waals surface area (Å²) in [5, 5.41) is 2.38. The Labute approximate surface area is 117 Å². The Balaban J connectivity index is 2.93. The van der Waals surface area contributed by atoms with Crippen LogP contribution in [0.25, 0.3) is 0 Å². The van der Waals surface area contributed by atoms with E-state index in [1.807, 2.05) is 0 Å². The number of hydrogen-bond donors (Lipinski definition) is 2. The van der Waals surface area contributed by atoms with Crippen molar-refractivity contribution in [2.45, 2.75) is 11.3 Å². The normalized spacial score (nSPS) is 10.9. The van der Waals surface area contributed by atoms with Crippen LogP contribution in [0.4, 0.5) is 0 Å². The minimum absolute atomic E-state index is 0.0100. The zero-order chi connectivity index (χ0) is 15.2. The third kappa shape index (κ3) is 4.04. The molecule has 8 heteroatoms. The Morgan fingerprint density at radius 1 is 1.25 bits per heavy atom. The van der Waals surface area contributed by atoms with Gasteiger partial charge >= 0.3 is 5.97 Å². The topological polar surface area (TPSA) is 102 Å². The molecule has 0 saturated carbocycles. The van der Waals surface area contributed by atoms with Crippen molar-refractivity contribution in [2.75, 3.05) is 20.7 Å². The molecule has 110 valence electrons. The van der Waals surface area contributed by atoms with E-state index in [9.17, 15) is 18.0 Å². The monoisotopic (exact) mass is 300 g/mol. The maximum Gasteiger partial charge on any atom is 0.339 e. The highest BCUT2D eigenvalue weighted by Gasteiger charge is 2.22. The van der Waals surface area contributed by atoms with Gasteiger partial charge in [0.2, 0.25) is 15.9 Å². The van der Waals surface area contributed by atoms with Gasteiger partial charge in [-0.2, -0.15) is 0 Å². The molecule has 0 aliphatic heterocycles. The van der Waals surface area contributed by atoms with Crippen molar-refractivity contribution >= 4 is 21.9 Å². The average Bonchev–Trinajstić information content (AvgIpc) is 2.46. The lowest BCUT2D eigenvalue weighted by Gasteiger charge is -2.09. The van der Waals surface area contributed by atoms with Crippen LogP contribution in [0.2, 0.25) is 0 Å². The van der Waals surface area contributed by atoms with E-state index in [0.717, 1.165) is 0 Å². The highest BCUT2D eigenvalue weighted by molar-refractivity contribution is 7.89. The summed E-state index contributed by atoms with van der Waals surface area (Å²) in [4.78, 5) is 22.4. The summed E-state index contributed by atoms with van der Waals surface area (Å²) in [6.45, 7) is -0.0580. The summed E-state index contributed by atoms with van der Waals surface area (Å²) in [7, 11) is -1.25. The fraction of sp³-hybridized carbons (Fsp3) is 0.333. The van der Waals surface area contributed by atoms with Gasteiger partial charge in [-0.25, -0.2) is 17.9 Å². The molecule has 0 aliphatic rings. The maximum absolute atomic E-state index is 12.1. The summed E-state index contributed by atoms with van der Waals surface area (Å²) in [5.74, 6) is -1.02. The molecule has 1 amide bonds. The van der Waals surface area contributed by atoms with E-state index < -0.39 is 16.0 Å². The molecule has 1 rings (SSSR count). The Kier molecular flexibility index (Phi) is 5.66. The molecule has 0 heterocycles. The quantitative estimate of drug-likeness (QED) is 0.714. The Hall–Kier alpha value is -1.93. The summed E-state index contributed by atoms with van der Waals surface area (Å²) >= 11 is 0. The molecular weight excluding hydrogens is 284 g/mol. The van der Waals surface area contributed by atoms with Gasteiger partial charge in [0.05, 0.1) is 17.6 Å². The predicted octanol–water partition coefficient (Wildman–Crippen LogP) is -0.112. The zero-order valence-electron chi connectivity index (χ0n) is 11.2. The van der Waals surface area contributed by atoms with E-state index in [-0.39, 0.29) is 29.3 Å². The Bertz CT molecular complexity index is 598. The molecule has 2 N–H and O–H groups in total. The molecule has 20 heavy (non-hydrogen) atoms. The van der Waals surface area contributed by atoms with E-state index in [1.165, 1.54) is 38.4 Å². The molecule has 0 saturated heterocycles. The third-order valence-corrected chi connectivity index (χ3v) is 4.02. The first-order valence-electron chi connectivity index (χ1n) is 5.80. The van der Waals surface area contributed by atoms with Crippen LogP contribution in [0.15, 0.2) is 29.2 Å². The van der Waals surface area contributed by atoms with Gasteiger partial charge in [0.15, 0.2) is 0 Å². The van der Waals surface area contributed by atoms with Crippen LogP contribution in [-0.2, 0) is 19.6 Å². The second kappa shape index (κ2) is 7.01. The highest BCUT2D eigenvalue weighted by atomic mass is 32.2. The summed E-state index contributed by atoms with van der Waals surface area (Å²) < 4.78 is 31.0. The van der Waals surface area contributed by atoms with Gasteiger partial charge < -0.3 is 10.1 Å². The van der Waals surface area contributed by atoms with Gasteiger partial charge in [-0.3, -0.25) is 4.79 Å². The molecule has 7 nitrogen and oxygen atoms in total. The number of carbonyl (C=O) groups is 2. The van der Waals surface area contributed by atoms with E-state index in [1.54, 1.807) is 0 Å². The fourth-order valence-corrected chi connectivity index (χ4v) is 2.71. The third-order valence-electron chi connectivity index (χ3n) is 2.50. The maximum atomic E-state index is 12.1. The number of benzene rings is 1. The number of amides is 1. The number of carbonyl (C=O) groups excluding carboxylic acids is 2. The van der Waals surface area contributed by atoms with Gasteiger partial charge in [-0.1, -0.05) is 12.1 Å². The van der Waals surface area contributed by atoms with E-state index in [0.29, 0.717) is 0 Å². The fourth-order valence-electron chi connectivity index (χ4n) is 1.48. The Morgan fingerprint density at radius 3 is 2.50 bits per heavy atom. The molecule has 0 spiro atoms. The standard InChI is InChI=1S/C12H16N2O5S/c1-13-11(15)7-8-14-20(17,18)10-6-4-3-5-9(10)12(16)19-2/h3-6,14H,7-8H2,1-2H3,(H,13,15). The molecule has 0 aliphatic carbocycles. The van der Waals surface area contributed by atoms with E-state index >= 15 is 0 Å². The van der Waals surface area contributed by atoms with Crippen LogP contribution < -0.4 is 10.0 Å². The minimum atomic E-state index is -3.88.